The Morgan fingerprint density at radius 3 is 2.71 bits per heavy atom. The van der Waals surface area contributed by atoms with E-state index in [9.17, 15) is 4.79 Å². The summed E-state index contributed by atoms with van der Waals surface area (Å²) in [6, 6.07) is 1.89. The van der Waals surface area contributed by atoms with Gasteiger partial charge in [0.05, 0.1) is 6.54 Å². The Labute approximate surface area is 126 Å². The first-order valence-corrected chi connectivity index (χ1v) is 7.68. The minimum Gasteiger partial charge on any atom is -0.373 e. The molecule has 0 aromatic carbocycles. The molecule has 1 N–H and O–H groups in total. The van der Waals surface area contributed by atoms with Gasteiger partial charge in [0.1, 0.15) is 17.5 Å². The first-order chi connectivity index (χ1) is 10.1. The monoisotopic (exact) mass is 291 g/mol. The molecule has 0 bridgehead atoms. The molecule has 2 rings (SSSR count). The summed E-state index contributed by atoms with van der Waals surface area (Å²) in [5.74, 6) is 2.59. The molecule has 1 aliphatic heterocycles. The van der Waals surface area contributed by atoms with Crippen molar-refractivity contribution in [1.29, 1.82) is 0 Å². The minimum absolute atomic E-state index is 0.177. The standard InChI is InChI=1S/C15H25N5O/c1-4-7-12-17-13(16-2)10-14(18-12)19(3)11-15(21)20-8-5-6-9-20/h10H,4-9,11H2,1-3H3,(H,16,17,18). The van der Waals surface area contributed by atoms with Crippen molar-refractivity contribution < 1.29 is 4.79 Å². The number of rotatable bonds is 6. The maximum Gasteiger partial charge on any atom is 0.242 e. The number of nitrogens with zero attached hydrogens (tertiary/aromatic N) is 4. The van der Waals surface area contributed by atoms with E-state index >= 15 is 0 Å². The van der Waals surface area contributed by atoms with Crippen LogP contribution in [0.25, 0.3) is 0 Å². The fourth-order valence-electron chi connectivity index (χ4n) is 2.49. The second kappa shape index (κ2) is 7.24. The zero-order chi connectivity index (χ0) is 15.2. The summed E-state index contributed by atoms with van der Waals surface area (Å²) in [4.78, 5) is 25.0. The second-order valence-electron chi connectivity index (χ2n) is 5.47. The summed E-state index contributed by atoms with van der Waals surface area (Å²) >= 11 is 0. The van der Waals surface area contributed by atoms with Crippen molar-refractivity contribution in [2.75, 3.05) is 43.9 Å². The number of carbonyl (C=O) groups excluding carboxylic acids is 1. The van der Waals surface area contributed by atoms with E-state index in [1.165, 1.54) is 0 Å². The third-order valence-electron chi connectivity index (χ3n) is 3.71. The summed E-state index contributed by atoms with van der Waals surface area (Å²) in [5, 5.41) is 3.06. The molecule has 1 saturated heterocycles. The van der Waals surface area contributed by atoms with E-state index in [1.807, 2.05) is 30.0 Å². The van der Waals surface area contributed by atoms with E-state index in [0.717, 1.165) is 56.2 Å². The van der Waals surface area contributed by atoms with Crippen LogP contribution in [0.5, 0.6) is 0 Å². The first-order valence-electron chi connectivity index (χ1n) is 7.68. The van der Waals surface area contributed by atoms with E-state index in [0.29, 0.717) is 6.54 Å². The van der Waals surface area contributed by atoms with E-state index < -0.39 is 0 Å². The van der Waals surface area contributed by atoms with Gasteiger partial charge in [0.2, 0.25) is 5.91 Å². The number of hydrogen-bond acceptors (Lipinski definition) is 5. The van der Waals surface area contributed by atoms with Gasteiger partial charge in [0, 0.05) is 39.7 Å². The SMILES string of the molecule is CCCc1nc(NC)cc(N(C)CC(=O)N2CCCC2)n1. The Bertz CT molecular complexity index is 485. The van der Waals surface area contributed by atoms with Crippen molar-refractivity contribution in [2.45, 2.75) is 32.6 Å². The smallest absolute Gasteiger partial charge is 0.242 e. The molecule has 0 atom stereocenters. The van der Waals surface area contributed by atoms with Gasteiger partial charge in [-0.2, -0.15) is 0 Å². The highest BCUT2D eigenvalue weighted by Gasteiger charge is 2.20. The summed E-state index contributed by atoms with van der Waals surface area (Å²) in [6.45, 7) is 4.25. The van der Waals surface area contributed by atoms with Crippen LogP contribution < -0.4 is 10.2 Å². The molecule has 0 radical (unpaired) electrons. The number of hydrogen-bond donors (Lipinski definition) is 1. The number of aromatic nitrogens is 2. The fraction of sp³-hybridized carbons (Fsp3) is 0.667. The van der Waals surface area contributed by atoms with E-state index in [2.05, 4.69) is 22.2 Å². The maximum atomic E-state index is 12.2. The number of nitrogens with one attached hydrogen (secondary N) is 1. The molecule has 1 fully saturated rings. The van der Waals surface area contributed by atoms with Gasteiger partial charge in [0.25, 0.3) is 0 Å². The van der Waals surface area contributed by atoms with Crippen LogP contribution >= 0.6 is 0 Å². The molecule has 1 aromatic rings. The lowest BCUT2D eigenvalue weighted by Gasteiger charge is -2.22. The van der Waals surface area contributed by atoms with Crippen LogP contribution in [-0.4, -0.2) is 54.5 Å². The average molecular weight is 291 g/mol. The number of amides is 1. The molecular weight excluding hydrogens is 266 g/mol. The normalized spacial score (nSPS) is 14.3. The summed E-state index contributed by atoms with van der Waals surface area (Å²) in [6.07, 6.45) is 4.08. The summed E-state index contributed by atoms with van der Waals surface area (Å²) < 4.78 is 0. The third kappa shape index (κ3) is 4.06. The number of likely N-dealkylation sites (tertiary alicyclic amines) is 1. The van der Waals surface area contributed by atoms with Crippen LogP contribution in [0, 0.1) is 0 Å². The molecule has 1 aromatic heterocycles. The second-order valence-corrected chi connectivity index (χ2v) is 5.47. The van der Waals surface area contributed by atoms with Crippen molar-refractivity contribution in [3.05, 3.63) is 11.9 Å². The van der Waals surface area contributed by atoms with Gasteiger partial charge in [-0.3, -0.25) is 4.79 Å². The van der Waals surface area contributed by atoms with Crippen molar-refractivity contribution in [2.24, 2.45) is 0 Å². The largest absolute Gasteiger partial charge is 0.373 e. The first kappa shape index (κ1) is 15.5. The van der Waals surface area contributed by atoms with Crippen molar-refractivity contribution >= 4 is 17.5 Å². The van der Waals surface area contributed by atoms with Crippen LogP contribution in [0.4, 0.5) is 11.6 Å². The van der Waals surface area contributed by atoms with Crippen LogP contribution in [0.1, 0.15) is 32.0 Å². The molecule has 1 aliphatic rings. The molecule has 0 unspecified atom stereocenters. The highest BCUT2D eigenvalue weighted by atomic mass is 16.2. The predicted molar refractivity (Wildman–Crippen MR) is 84.7 cm³/mol. The number of likely N-dealkylation sites (N-methyl/N-ethyl adjacent to an activating group) is 1. The average Bonchev–Trinajstić information content (AvgIpc) is 3.01. The Hall–Kier alpha value is -1.85. The zero-order valence-electron chi connectivity index (χ0n) is 13.2. The number of carbonyl (C=O) groups is 1. The van der Waals surface area contributed by atoms with Crippen LogP contribution in [0.15, 0.2) is 6.07 Å². The van der Waals surface area contributed by atoms with E-state index in [-0.39, 0.29) is 5.91 Å². The Balaban J connectivity index is 2.08. The molecule has 6 nitrogen and oxygen atoms in total. The lowest BCUT2D eigenvalue weighted by Crippen LogP contribution is -2.37. The minimum atomic E-state index is 0.177. The van der Waals surface area contributed by atoms with Gasteiger partial charge in [-0.1, -0.05) is 6.92 Å². The maximum absolute atomic E-state index is 12.2. The van der Waals surface area contributed by atoms with Gasteiger partial charge < -0.3 is 15.1 Å². The van der Waals surface area contributed by atoms with Crippen LogP contribution in [0.2, 0.25) is 0 Å². The highest BCUT2D eigenvalue weighted by Crippen LogP contribution is 2.16. The Kier molecular flexibility index (Phi) is 5.36. The molecule has 0 aliphatic carbocycles. The quantitative estimate of drug-likeness (QED) is 0.861. The molecule has 116 valence electrons. The predicted octanol–water partition coefficient (Wildman–Crippen LogP) is 1.53. The Morgan fingerprint density at radius 2 is 2.10 bits per heavy atom. The van der Waals surface area contributed by atoms with Crippen molar-refractivity contribution in [3.8, 4) is 0 Å². The number of anilines is 2. The van der Waals surface area contributed by atoms with Crippen molar-refractivity contribution in [1.82, 2.24) is 14.9 Å². The lowest BCUT2D eigenvalue weighted by molar-refractivity contribution is -0.128. The lowest BCUT2D eigenvalue weighted by atomic mass is 10.3. The van der Waals surface area contributed by atoms with Gasteiger partial charge in [-0.15, -0.1) is 0 Å². The fourth-order valence-corrected chi connectivity index (χ4v) is 2.49. The summed E-state index contributed by atoms with van der Waals surface area (Å²) in [7, 11) is 3.75. The Morgan fingerprint density at radius 1 is 1.38 bits per heavy atom. The topological polar surface area (TPSA) is 61.4 Å². The van der Waals surface area contributed by atoms with Gasteiger partial charge in [0.15, 0.2) is 0 Å². The molecule has 0 saturated carbocycles. The molecule has 2 heterocycles. The molecular formula is C15H25N5O. The number of aryl methyl sites for hydroxylation is 1. The van der Waals surface area contributed by atoms with Gasteiger partial charge in [-0.05, 0) is 19.3 Å². The van der Waals surface area contributed by atoms with Crippen molar-refractivity contribution in [3.63, 3.8) is 0 Å². The highest BCUT2D eigenvalue weighted by molar-refractivity contribution is 5.81. The van der Waals surface area contributed by atoms with E-state index in [4.69, 9.17) is 0 Å². The van der Waals surface area contributed by atoms with Gasteiger partial charge in [-0.25, -0.2) is 9.97 Å². The van der Waals surface area contributed by atoms with Crippen LogP contribution in [-0.2, 0) is 11.2 Å². The molecule has 21 heavy (non-hydrogen) atoms. The van der Waals surface area contributed by atoms with Crippen LogP contribution in [0.3, 0.4) is 0 Å². The molecule has 1 amide bonds. The zero-order valence-corrected chi connectivity index (χ0v) is 13.2. The summed E-state index contributed by atoms with van der Waals surface area (Å²) in [5.41, 5.74) is 0. The molecule has 6 heteroatoms. The van der Waals surface area contributed by atoms with Gasteiger partial charge >= 0.3 is 0 Å². The third-order valence-corrected chi connectivity index (χ3v) is 3.71. The van der Waals surface area contributed by atoms with E-state index in [1.54, 1.807) is 0 Å². The molecule has 0 spiro atoms.